The molecule has 1 saturated carbocycles. The van der Waals surface area contributed by atoms with E-state index in [1.165, 1.54) is 12.5 Å². The molecule has 7 nitrogen and oxygen atoms in total. The molecular weight excluding hydrogens is 532 g/mol. The van der Waals surface area contributed by atoms with Gasteiger partial charge in [-0.15, -0.1) is 0 Å². The van der Waals surface area contributed by atoms with Gasteiger partial charge in [0.05, 0.1) is 18.8 Å². The lowest BCUT2D eigenvalue weighted by molar-refractivity contribution is -0.149. The second-order valence-corrected chi connectivity index (χ2v) is 11.3. The maximum absolute atomic E-state index is 12.6. The summed E-state index contributed by atoms with van der Waals surface area (Å²) in [7, 11) is 0. The Morgan fingerprint density at radius 3 is 2.21 bits per heavy atom. The van der Waals surface area contributed by atoms with Gasteiger partial charge in [0.25, 0.3) is 0 Å². The summed E-state index contributed by atoms with van der Waals surface area (Å²) in [5.41, 5.74) is 1.22. The van der Waals surface area contributed by atoms with Crippen LogP contribution in [-0.2, 0) is 19.1 Å². The van der Waals surface area contributed by atoms with Crippen molar-refractivity contribution in [1.82, 2.24) is 0 Å². The van der Waals surface area contributed by atoms with Crippen LogP contribution in [0.25, 0.3) is 6.08 Å². The zero-order chi connectivity index (χ0) is 30.3. The summed E-state index contributed by atoms with van der Waals surface area (Å²) in [5, 5.41) is 0. The van der Waals surface area contributed by atoms with Crippen molar-refractivity contribution in [2.24, 2.45) is 17.8 Å². The summed E-state index contributed by atoms with van der Waals surface area (Å²) in [6, 6.07) is 13.8. The van der Waals surface area contributed by atoms with E-state index in [-0.39, 0.29) is 12.1 Å². The molecule has 0 amide bonds. The highest BCUT2D eigenvalue weighted by Crippen LogP contribution is 2.35. The predicted octanol–water partition coefficient (Wildman–Crippen LogP) is 7.59. The van der Waals surface area contributed by atoms with Gasteiger partial charge in [-0.3, -0.25) is 0 Å². The molecule has 226 valence electrons. The van der Waals surface area contributed by atoms with Crippen LogP contribution in [0.4, 0.5) is 0 Å². The molecule has 0 aliphatic heterocycles. The van der Waals surface area contributed by atoms with Crippen LogP contribution in [0.5, 0.6) is 11.5 Å². The van der Waals surface area contributed by atoms with Crippen LogP contribution in [0.2, 0.25) is 0 Å². The summed E-state index contributed by atoms with van der Waals surface area (Å²) in [4.78, 5) is 36.1. The number of ether oxygens (including phenoxy) is 4. The fourth-order valence-corrected chi connectivity index (χ4v) is 5.08. The van der Waals surface area contributed by atoms with Gasteiger partial charge in [-0.25, -0.2) is 14.4 Å². The molecule has 0 bridgehead atoms. The molecule has 0 spiro atoms. The molecule has 1 aliphatic rings. The van der Waals surface area contributed by atoms with Gasteiger partial charge < -0.3 is 18.9 Å². The number of unbranched alkanes of at least 4 members (excludes halogenated alkanes) is 3. The number of rotatable bonds is 15. The molecule has 3 unspecified atom stereocenters. The fraction of sp³-hybridized carbons (Fsp3) is 0.457. The monoisotopic (exact) mass is 576 g/mol. The van der Waals surface area contributed by atoms with E-state index in [9.17, 15) is 14.4 Å². The first-order chi connectivity index (χ1) is 20.2. The highest BCUT2D eigenvalue weighted by atomic mass is 16.5. The third-order valence-corrected chi connectivity index (χ3v) is 7.54. The maximum atomic E-state index is 12.6. The Hall–Kier alpha value is -3.87. The smallest absolute Gasteiger partial charge is 0.343 e. The van der Waals surface area contributed by atoms with Crippen molar-refractivity contribution in [1.29, 1.82) is 0 Å². The standard InChI is InChI=1S/C35H44O7/c1-5-33(36)40-23-9-7-6-8-22-39-29-18-14-28(15-19-29)35(38)41-30-16-11-27(12-17-30)13-21-34(37)42-32-24-26(4)10-20-31(32)25(2)3/h5,11-19,21,25-26,31-32H,1,6-10,20,22-24H2,2-4H3/b21-13+. The van der Waals surface area contributed by atoms with E-state index >= 15 is 0 Å². The van der Waals surface area contributed by atoms with Crippen LogP contribution in [0.1, 0.15) is 81.6 Å². The van der Waals surface area contributed by atoms with Gasteiger partial charge in [-0.1, -0.05) is 45.9 Å². The molecule has 0 radical (unpaired) electrons. The molecule has 42 heavy (non-hydrogen) atoms. The van der Waals surface area contributed by atoms with Gasteiger partial charge in [-0.2, -0.15) is 0 Å². The number of hydrogen-bond donors (Lipinski definition) is 0. The zero-order valence-corrected chi connectivity index (χ0v) is 25.1. The van der Waals surface area contributed by atoms with E-state index in [0.29, 0.717) is 48.0 Å². The Labute approximate surface area is 249 Å². The number of carbonyl (C=O) groups excluding carboxylic acids is 3. The lowest BCUT2D eigenvalue weighted by Crippen LogP contribution is -2.35. The van der Waals surface area contributed by atoms with Crippen LogP contribution in [-0.4, -0.2) is 37.2 Å². The predicted molar refractivity (Wildman–Crippen MR) is 163 cm³/mol. The Balaban J connectivity index is 1.38. The molecule has 3 atom stereocenters. The van der Waals surface area contributed by atoms with Gasteiger partial charge >= 0.3 is 17.9 Å². The van der Waals surface area contributed by atoms with Crippen LogP contribution in [0, 0.1) is 17.8 Å². The lowest BCUT2D eigenvalue weighted by atomic mass is 9.75. The first-order valence-corrected chi connectivity index (χ1v) is 15.0. The third kappa shape index (κ3) is 11.2. The molecule has 2 aromatic carbocycles. The highest BCUT2D eigenvalue weighted by Gasteiger charge is 2.33. The van der Waals surface area contributed by atoms with Crippen molar-refractivity contribution in [3.05, 3.63) is 78.4 Å². The fourth-order valence-electron chi connectivity index (χ4n) is 5.08. The van der Waals surface area contributed by atoms with Gasteiger partial charge in [0, 0.05) is 12.2 Å². The lowest BCUT2D eigenvalue weighted by Gasteiger charge is -2.36. The summed E-state index contributed by atoms with van der Waals surface area (Å²) in [5.74, 6) is 1.36. The van der Waals surface area contributed by atoms with Crippen LogP contribution < -0.4 is 9.47 Å². The van der Waals surface area contributed by atoms with E-state index in [4.69, 9.17) is 18.9 Å². The molecule has 0 saturated heterocycles. The molecule has 2 aromatic rings. The average molecular weight is 577 g/mol. The Bertz CT molecular complexity index is 1180. The maximum Gasteiger partial charge on any atom is 0.343 e. The molecule has 1 fully saturated rings. The van der Waals surface area contributed by atoms with E-state index in [2.05, 4.69) is 27.4 Å². The summed E-state index contributed by atoms with van der Waals surface area (Å²) < 4.78 is 22.0. The quantitative estimate of drug-likeness (QED) is 0.0934. The van der Waals surface area contributed by atoms with Crippen molar-refractivity contribution >= 4 is 24.0 Å². The minimum Gasteiger partial charge on any atom is -0.494 e. The van der Waals surface area contributed by atoms with Crippen LogP contribution in [0.3, 0.4) is 0 Å². The normalized spacial score (nSPS) is 18.4. The second-order valence-electron chi connectivity index (χ2n) is 11.3. The van der Waals surface area contributed by atoms with Crippen molar-refractivity contribution < 1.29 is 33.3 Å². The van der Waals surface area contributed by atoms with Gasteiger partial charge in [-0.05, 0) is 104 Å². The largest absolute Gasteiger partial charge is 0.494 e. The highest BCUT2D eigenvalue weighted by molar-refractivity contribution is 5.91. The van der Waals surface area contributed by atoms with Gasteiger partial charge in [0.1, 0.15) is 17.6 Å². The topological polar surface area (TPSA) is 88.1 Å². The summed E-state index contributed by atoms with van der Waals surface area (Å²) >= 11 is 0. The zero-order valence-electron chi connectivity index (χ0n) is 25.1. The SMILES string of the molecule is C=CC(=O)OCCCCCCOc1ccc(C(=O)Oc2ccc(/C=C/C(=O)OC3CC(C)CCC3C(C)C)cc2)cc1. The number of carbonyl (C=O) groups is 3. The molecule has 1 aliphatic carbocycles. The van der Waals surface area contributed by atoms with Crippen LogP contribution >= 0.6 is 0 Å². The van der Waals surface area contributed by atoms with Gasteiger partial charge in [0.15, 0.2) is 0 Å². The first-order valence-electron chi connectivity index (χ1n) is 15.0. The third-order valence-electron chi connectivity index (χ3n) is 7.54. The van der Waals surface area contributed by atoms with Crippen molar-refractivity contribution in [2.45, 2.75) is 71.8 Å². The molecule has 0 heterocycles. The number of hydrogen-bond acceptors (Lipinski definition) is 7. The Morgan fingerprint density at radius 1 is 0.881 bits per heavy atom. The van der Waals surface area contributed by atoms with E-state index < -0.39 is 11.9 Å². The van der Waals surface area contributed by atoms with Crippen molar-refractivity contribution in [2.75, 3.05) is 13.2 Å². The minimum atomic E-state index is -0.466. The molecule has 0 N–H and O–H groups in total. The van der Waals surface area contributed by atoms with E-state index in [1.54, 1.807) is 54.6 Å². The van der Waals surface area contributed by atoms with Crippen molar-refractivity contribution in [3.63, 3.8) is 0 Å². The van der Waals surface area contributed by atoms with E-state index in [0.717, 1.165) is 50.2 Å². The average Bonchev–Trinajstić information content (AvgIpc) is 2.98. The van der Waals surface area contributed by atoms with E-state index in [1.807, 2.05) is 0 Å². The summed E-state index contributed by atoms with van der Waals surface area (Å²) in [6.45, 7) is 10.9. The molecule has 0 aromatic heterocycles. The molecule has 7 heteroatoms. The second kappa shape index (κ2) is 17.2. The van der Waals surface area contributed by atoms with Gasteiger partial charge in [0.2, 0.25) is 0 Å². The Morgan fingerprint density at radius 2 is 1.55 bits per heavy atom. The first kappa shape index (κ1) is 32.6. The molecular formula is C35H44O7. The van der Waals surface area contributed by atoms with Crippen molar-refractivity contribution in [3.8, 4) is 11.5 Å². The summed E-state index contributed by atoms with van der Waals surface area (Å²) in [6.07, 6.45) is 11.1. The molecule has 3 rings (SSSR count). The number of esters is 3. The Kier molecular flexibility index (Phi) is 13.3. The van der Waals surface area contributed by atoms with Crippen LogP contribution in [0.15, 0.2) is 67.3 Å². The minimum absolute atomic E-state index is 0.0356. The number of benzene rings is 2.